The van der Waals surface area contributed by atoms with Crippen molar-refractivity contribution >= 4 is 24.2 Å². The van der Waals surface area contributed by atoms with Crippen LogP contribution in [0, 0.1) is 5.92 Å². The number of thiol groups is 1. The fraction of sp³-hybridized carbons (Fsp3) is 0.562. The second kappa shape index (κ2) is 6.47. The van der Waals surface area contributed by atoms with Crippen molar-refractivity contribution < 1.29 is 4.79 Å². The summed E-state index contributed by atoms with van der Waals surface area (Å²) in [5.74, 6) is 0.472. The first kappa shape index (κ1) is 14.4. The number of amides is 1. The highest BCUT2D eigenvalue weighted by Gasteiger charge is 2.29. The minimum Gasteiger partial charge on any atom is -0.309 e. The van der Waals surface area contributed by atoms with Gasteiger partial charge in [-0.3, -0.25) is 4.79 Å². The molecule has 0 aromatic heterocycles. The van der Waals surface area contributed by atoms with E-state index < -0.39 is 0 Å². The molecule has 0 saturated heterocycles. The van der Waals surface area contributed by atoms with Crippen molar-refractivity contribution in [3.05, 3.63) is 24.3 Å². The molecule has 1 saturated carbocycles. The van der Waals surface area contributed by atoms with E-state index in [1.54, 1.807) is 0 Å². The lowest BCUT2D eigenvalue weighted by atomic mass is 9.88. The summed E-state index contributed by atoms with van der Waals surface area (Å²) in [4.78, 5) is 15.6. The van der Waals surface area contributed by atoms with Crippen LogP contribution in [0.1, 0.15) is 46.0 Å². The minimum atomic E-state index is 0.169. The van der Waals surface area contributed by atoms with Crippen LogP contribution in [-0.4, -0.2) is 11.9 Å². The standard InChI is InChI=1S/C16H23NOS/c1-12(2)17(14-10-6-7-11-15(14)19)16(18)13-8-4-3-5-9-13/h6-7,10-13,19H,3-5,8-9H2,1-2H3. The van der Waals surface area contributed by atoms with Crippen LogP contribution in [0.15, 0.2) is 29.2 Å². The first-order valence-electron chi connectivity index (χ1n) is 7.22. The van der Waals surface area contributed by atoms with E-state index in [1.165, 1.54) is 19.3 Å². The topological polar surface area (TPSA) is 20.3 Å². The molecular formula is C16H23NOS. The van der Waals surface area contributed by atoms with Gasteiger partial charge in [-0.15, -0.1) is 12.6 Å². The van der Waals surface area contributed by atoms with Crippen LogP contribution in [-0.2, 0) is 4.79 Å². The number of hydrogen-bond donors (Lipinski definition) is 1. The first-order chi connectivity index (χ1) is 9.11. The average molecular weight is 277 g/mol. The van der Waals surface area contributed by atoms with E-state index in [1.807, 2.05) is 29.2 Å². The van der Waals surface area contributed by atoms with Gasteiger partial charge >= 0.3 is 0 Å². The van der Waals surface area contributed by atoms with Crippen LogP contribution in [0.4, 0.5) is 5.69 Å². The highest BCUT2D eigenvalue weighted by molar-refractivity contribution is 7.80. The Bertz CT molecular complexity index is 438. The third kappa shape index (κ3) is 3.33. The fourth-order valence-corrected chi connectivity index (χ4v) is 3.13. The summed E-state index contributed by atoms with van der Waals surface area (Å²) in [5, 5.41) is 0. The van der Waals surface area contributed by atoms with Gasteiger partial charge in [0.05, 0.1) is 5.69 Å². The van der Waals surface area contributed by atoms with Crippen molar-refractivity contribution in [2.75, 3.05) is 4.90 Å². The zero-order chi connectivity index (χ0) is 13.8. The van der Waals surface area contributed by atoms with Crippen LogP contribution in [0.3, 0.4) is 0 Å². The van der Waals surface area contributed by atoms with E-state index in [9.17, 15) is 4.79 Å². The molecule has 1 aromatic carbocycles. The van der Waals surface area contributed by atoms with Crippen molar-refractivity contribution in [1.82, 2.24) is 0 Å². The van der Waals surface area contributed by atoms with Crippen molar-refractivity contribution in [2.45, 2.75) is 56.9 Å². The molecule has 1 amide bonds. The largest absolute Gasteiger partial charge is 0.309 e. The van der Waals surface area contributed by atoms with Crippen LogP contribution in [0.25, 0.3) is 0 Å². The van der Waals surface area contributed by atoms with Gasteiger partial charge in [0.2, 0.25) is 5.91 Å². The Balaban J connectivity index is 2.25. The Hall–Kier alpha value is -0.960. The molecule has 19 heavy (non-hydrogen) atoms. The van der Waals surface area contributed by atoms with Gasteiger partial charge in [0.1, 0.15) is 0 Å². The molecule has 0 unspecified atom stereocenters. The number of rotatable bonds is 3. The molecule has 0 spiro atoms. The van der Waals surface area contributed by atoms with E-state index in [0.717, 1.165) is 23.4 Å². The summed E-state index contributed by atoms with van der Waals surface area (Å²) in [6.45, 7) is 4.14. The van der Waals surface area contributed by atoms with E-state index >= 15 is 0 Å². The number of hydrogen-bond acceptors (Lipinski definition) is 2. The van der Waals surface area contributed by atoms with Gasteiger partial charge in [-0.1, -0.05) is 31.4 Å². The normalized spacial score (nSPS) is 16.6. The van der Waals surface area contributed by atoms with Crippen LogP contribution >= 0.6 is 12.6 Å². The number of para-hydroxylation sites is 1. The minimum absolute atomic E-state index is 0.169. The molecule has 1 aromatic rings. The Morgan fingerprint density at radius 2 is 1.84 bits per heavy atom. The van der Waals surface area contributed by atoms with Gasteiger partial charge in [-0.25, -0.2) is 0 Å². The van der Waals surface area contributed by atoms with Gasteiger partial charge in [-0.2, -0.15) is 0 Å². The average Bonchev–Trinajstić information content (AvgIpc) is 2.42. The fourth-order valence-electron chi connectivity index (χ4n) is 2.87. The lowest BCUT2D eigenvalue weighted by Gasteiger charge is -2.33. The maximum atomic E-state index is 12.8. The molecule has 1 aliphatic carbocycles. The van der Waals surface area contributed by atoms with E-state index in [-0.39, 0.29) is 17.9 Å². The Morgan fingerprint density at radius 1 is 1.21 bits per heavy atom. The Kier molecular flexibility index (Phi) is 4.92. The third-order valence-corrected chi connectivity index (χ3v) is 4.23. The van der Waals surface area contributed by atoms with Crippen LogP contribution in [0.5, 0.6) is 0 Å². The van der Waals surface area contributed by atoms with E-state index in [2.05, 4.69) is 26.5 Å². The molecule has 0 heterocycles. The molecule has 0 bridgehead atoms. The molecule has 104 valence electrons. The van der Waals surface area contributed by atoms with Crippen molar-refractivity contribution in [1.29, 1.82) is 0 Å². The smallest absolute Gasteiger partial charge is 0.230 e. The van der Waals surface area contributed by atoms with Gasteiger partial charge < -0.3 is 4.90 Å². The van der Waals surface area contributed by atoms with Crippen LogP contribution in [0.2, 0.25) is 0 Å². The molecule has 2 nitrogen and oxygen atoms in total. The van der Waals surface area contributed by atoms with Gasteiger partial charge in [0.15, 0.2) is 0 Å². The molecular weight excluding hydrogens is 254 g/mol. The lowest BCUT2D eigenvalue weighted by Crippen LogP contribution is -2.42. The Labute approximate surface area is 121 Å². The molecule has 3 heteroatoms. The van der Waals surface area contributed by atoms with Crippen molar-refractivity contribution in [3.63, 3.8) is 0 Å². The number of nitrogens with zero attached hydrogens (tertiary/aromatic N) is 1. The van der Waals surface area contributed by atoms with Gasteiger partial charge in [0.25, 0.3) is 0 Å². The van der Waals surface area contributed by atoms with Crippen molar-refractivity contribution in [2.24, 2.45) is 5.92 Å². The second-order valence-electron chi connectivity index (χ2n) is 5.63. The molecule has 0 atom stereocenters. The lowest BCUT2D eigenvalue weighted by molar-refractivity contribution is -0.123. The number of carbonyl (C=O) groups excluding carboxylic acids is 1. The van der Waals surface area contributed by atoms with Gasteiger partial charge in [0, 0.05) is 16.9 Å². The summed E-state index contributed by atoms with van der Waals surface area (Å²) in [7, 11) is 0. The summed E-state index contributed by atoms with van der Waals surface area (Å²) >= 11 is 4.50. The van der Waals surface area contributed by atoms with Crippen LogP contribution < -0.4 is 4.90 Å². The SMILES string of the molecule is CC(C)N(C(=O)C1CCCCC1)c1ccccc1S. The summed E-state index contributed by atoms with van der Waals surface area (Å²) in [6, 6.07) is 8.03. The summed E-state index contributed by atoms with van der Waals surface area (Å²) in [6.07, 6.45) is 5.72. The zero-order valence-electron chi connectivity index (χ0n) is 11.8. The molecule has 0 N–H and O–H groups in total. The predicted octanol–water partition coefficient (Wildman–Crippen LogP) is 4.30. The molecule has 0 radical (unpaired) electrons. The highest BCUT2D eigenvalue weighted by Crippen LogP contribution is 2.31. The maximum absolute atomic E-state index is 12.8. The molecule has 1 fully saturated rings. The zero-order valence-corrected chi connectivity index (χ0v) is 12.7. The summed E-state index contributed by atoms with van der Waals surface area (Å²) in [5.41, 5.74) is 0.941. The van der Waals surface area contributed by atoms with Crippen molar-refractivity contribution in [3.8, 4) is 0 Å². The Morgan fingerprint density at radius 3 is 2.42 bits per heavy atom. The van der Waals surface area contributed by atoms with E-state index in [0.29, 0.717) is 0 Å². The molecule has 1 aliphatic rings. The monoisotopic (exact) mass is 277 g/mol. The number of carbonyl (C=O) groups is 1. The number of benzene rings is 1. The quantitative estimate of drug-likeness (QED) is 0.817. The number of anilines is 1. The second-order valence-corrected chi connectivity index (χ2v) is 6.11. The van der Waals surface area contributed by atoms with Gasteiger partial charge in [-0.05, 0) is 38.8 Å². The van der Waals surface area contributed by atoms with E-state index in [4.69, 9.17) is 0 Å². The summed E-state index contributed by atoms with van der Waals surface area (Å²) < 4.78 is 0. The molecule has 2 rings (SSSR count). The predicted molar refractivity (Wildman–Crippen MR) is 82.9 cm³/mol. The molecule has 0 aliphatic heterocycles. The third-order valence-electron chi connectivity index (χ3n) is 3.85. The highest BCUT2D eigenvalue weighted by atomic mass is 32.1. The first-order valence-corrected chi connectivity index (χ1v) is 7.67. The maximum Gasteiger partial charge on any atom is 0.230 e.